The SMILES string of the molecule is Cc1c(C(=O)NC(C)(C)C)nn(-c2ccc(C#Cc3ccccn3)cc2Cl)c1-c1ccc(Cl)cc1. The Kier molecular flexibility index (Phi) is 6.98. The molecule has 0 radical (unpaired) electrons. The molecule has 4 rings (SSSR count). The third kappa shape index (κ3) is 5.74. The number of halogens is 2. The van der Waals surface area contributed by atoms with Crippen LogP contribution in [0.1, 0.15) is 48.1 Å². The van der Waals surface area contributed by atoms with Crippen molar-refractivity contribution in [2.24, 2.45) is 0 Å². The maximum absolute atomic E-state index is 13.1. The minimum Gasteiger partial charge on any atom is -0.346 e. The van der Waals surface area contributed by atoms with Gasteiger partial charge in [0.15, 0.2) is 5.69 Å². The van der Waals surface area contributed by atoms with Gasteiger partial charge in [0.1, 0.15) is 5.69 Å². The Morgan fingerprint density at radius 1 is 1.00 bits per heavy atom. The lowest BCUT2D eigenvalue weighted by atomic mass is 10.0. The van der Waals surface area contributed by atoms with Crippen LogP contribution in [0.15, 0.2) is 66.9 Å². The van der Waals surface area contributed by atoms with E-state index in [0.717, 1.165) is 22.4 Å². The van der Waals surface area contributed by atoms with Gasteiger partial charge in [0.25, 0.3) is 5.91 Å². The number of nitrogens with one attached hydrogen (secondary N) is 1. The zero-order valence-corrected chi connectivity index (χ0v) is 21.4. The normalized spacial score (nSPS) is 11.0. The monoisotopic (exact) mass is 502 g/mol. The molecule has 1 amide bonds. The van der Waals surface area contributed by atoms with Crippen molar-refractivity contribution in [2.75, 3.05) is 0 Å². The maximum atomic E-state index is 13.1. The molecule has 35 heavy (non-hydrogen) atoms. The fourth-order valence-electron chi connectivity index (χ4n) is 3.56. The van der Waals surface area contributed by atoms with E-state index in [1.54, 1.807) is 29.1 Å². The number of hydrogen-bond donors (Lipinski definition) is 1. The van der Waals surface area contributed by atoms with Gasteiger partial charge >= 0.3 is 0 Å². The van der Waals surface area contributed by atoms with Crippen LogP contribution in [-0.2, 0) is 0 Å². The van der Waals surface area contributed by atoms with Crippen LogP contribution < -0.4 is 5.32 Å². The van der Waals surface area contributed by atoms with Crippen molar-refractivity contribution in [1.82, 2.24) is 20.1 Å². The first-order valence-electron chi connectivity index (χ1n) is 11.0. The fraction of sp³-hybridized carbons (Fsp3) is 0.179. The largest absolute Gasteiger partial charge is 0.346 e. The number of carbonyl (C=O) groups is 1. The molecule has 176 valence electrons. The van der Waals surface area contributed by atoms with Gasteiger partial charge in [0.2, 0.25) is 0 Å². The van der Waals surface area contributed by atoms with E-state index in [0.29, 0.717) is 27.1 Å². The Morgan fingerprint density at radius 2 is 1.74 bits per heavy atom. The number of rotatable bonds is 3. The highest BCUT2D eigenvalue weighted by atomic mass is 35.5. The molecule has 2 aromatic carbocycles. The van der Waals surface area contributed by atoms with E-state index in [2.05, 4.69) is 27.2 Å². The molecule has 0 aliphatic heterocycles. The Bertz CT molecular complexity index is 1440. The van der Waals surface area contributed by atoms with E-state index in [-0.39, 0.29) is 5.91 Å². The van der Waals surface area contributed by atoms with Gasteiger partial charge in [-0.1, -0.05) is 47.3 Å². The summed E-state index contributed by atoms with van der Waals surface area (Å²) >= 11 is 12.8. The number of nitrogens with zero attached hydrogens (tertiary/aromatic N) is 3. The predicted octanol–water partition coefficient (Wildman–Crippen LogP) is 6.48. The molecule has 0 aliphatic carbocycles. The molecule has 5 nitrogen and oxygen atoms in total. The van der Waals surface area contributed by atoms with Crippen molar-refractivity contribution in [3.8, 4) is 28.8 Å². The van der Waals surface area contributed by atoms with Gasteiger partial charge in [0.05, 0.1) is 16.4 Å². The van der Waals surface area contributed by atoms with Gasteiger partial charge in [-0.05, 0) is 76.1 Å². The predicted molar refractivity (Wildman–Crippen MR) is 141 cm³/mol. The first kappa shape index (κ1) is 24.5. The number of amides is 1. The summed E-state index contributed by atoms with van der Waals surface area (Å²) < 4.78 is 1.70. The van der Waals surface area contributed by atoms with E-state index < -0.39 is 5.54 Å². The van der Waals surface area contributed by atoms with Crippen molar-refractivity contribution in [1.29, 1.82) is 0 Å². The van der Waals surface area contributed by atoms with Crippen LogP contribution in [0.5, 0.6) is 0 Å². The van der Waals surface area contributed by atoms with E-state index in [1.165, 1.54) is 0 Å². The third-order valence-corrected chi connectivity index (χ3v) is 5.67. The van der Waals surface area contributed by atoms with E-state index >= 15 is 0 Å². The van der Waals surface area contributed by atoms with Crippen LogP contribution in [0.4, 0.5) is 0 Å². The molecule has 7 heteroatoms. The Morgan fingerprint density at radius 3 is 2.37 bits per heavy atom. The van der Waals surface area contributed by atoms with Crippen LogP contribution >= 0.6 is 23.2 Å². The van der Waals surface area contributed by atoms with Crippen molar-refractivity contribution in [2.45, 2.75) is 33.2 Å². The molecule has 4 aromatic rings. The summed E-state index contributed by atoms with van der Waals surface area (Å²) in [5.41, 5.74) is 4.35. The van der Waals surface area contributed by atoms with Crippen LogP contribution in [0, 0.1) is 18.8 Å². The maximum Gasteiger partial charge on any atom is 0.272 e. The molecule has 1 N–H and O–H groups in total. The van der Waals surface area contributed by atoms with Gasteiger partial charge in [-0.25, -0.2) is 9.67 Å². The van der Waals surface area contributed by atoms with E-state index in [1.807, 2.05) is 70.2 Å². The number of hydrogen-bond acceptors (Lipinski definition) is 3. The van der Waals surface area contributed by atoms with Crippen molar-refractivity contribution in [3.05, 3.63) is 99.4 Å². The smallest absolute Gasteiger partial charge is 0.272 e. The van der Waals surface area contributed by atoms with Gasteiger partial charge in [-0.3, -0.25) is 4.79 Å². The first-order chi connectivity index (χ1) is 16.6. The lowest BCUT2D eigenvalue weighted by molar-refractivity contribution is 0.0913. The topological polar surface area (TPSA) is 59.8 Å². The van der Waals surface area contributed by atoms with Crippen LogP contribution in [0.3, 0.4) is 0 Å². The molecule has 0 atom stereocenters. The molecule has 0 bridgehead atoms. The Hall–Kier alpha value is -3.59. The highest BCUT2D eigenvalue weighted by Gasteiger charge is 2.25. The summed E-state index contributed by atoms with van der Waals surface area (Å²) in [6.45, 7) is 7.67. The summed E-state index contributed by atoms with van der Waals surface area (Å²) in [7, 11) is 0. The van der Waals surface area contributed by atoms with Crippen molar-refractivity contribution in [3.63, 3.8) is 0 Å². The quantitative estimate of drug-likeness (QED) is 0.326. The minimum atomic E-state index is -0.403. The molecular formula is C28H24Cl2N4O. The molecule has 0 saturated heterocycles. The average Bonchev–Trinajstić information content (AvgIpc) is 3.15. The van der Waals surface area contributed by atoms with Gasteiger partial charge in [-0.15, -0.1) is 0 Å². The van der Waals surface area contributed by atoms with Crippen LogP contribution in [-0.4, -0.2) is 26.2 Å². The Labute approximate surface area is 215 Å². The molecule has 2 aromatic heterocycles. The zero-order chi connectivity index (χ0) is 25.2. The lowest BCUT2D eigenvalue weighted by Gasteiger charge is -2.19. The average molecular weight is 503 g/mol. The van der Waals surface area contributed by atoms with Crippen molar-refractivity contribution < 1.29 is 4.79 Å². The molecule has 0 fully saturated rings. The highest BCUT2D eigenvalue weighted by Crippen LogP contribution is 2.32. The van der Waals surface area contributed by atoms with Gasteiger partial charge < -0.3 is 5.32 Å². The molecule has 0 spiro atoms. The summed E-state index contributed by atoms with van der Waals surface area (Å²) in [5, 5.41) is 8.76. The number of aromatic nitrogens is 3. The van der Waals surface area contributed by atoms with E-state index in [4.69, 9.17) is 23.2 Å². The minimum absolute atomic E-state index is 0.252. The first-order valence-corrected chi connectivity index (χ1v) is 11.8. The molecule has 2 heterocycles. The lowest BCUT2D eigenvalue weighted by Crippen LogP contribution is -2.41. The van der Waals surface area contributed by atoms with Gasteiger partial charge in [0, 0.05) is 33.4 Å². The summed E-state index contributed by atoms with van der Waals surface area (Å²) in [4.78, 5) is 17.3. The summed E-state index contributed by atoms with van der Waals surface area (Å²) in [6, 6.07) is 18.5. The number of benzene rings is 2. The van der Waals surface area contributed by atoms with Crippen molar-refractivity contribution >= 4 is 29.1 Å². The number of carbonyl (C=O) groups excluding carboxylic acids is 1. The second-order valence-electron chi connectivity index (χ2n) is 9.08. The molecule has 0 unspecified atom stereocenters. The Balaban J connectivity index is 1.81. The highest BCUT2D eigenvalue weighted by molar-refractivity contribution is 6.32. The second-order valence-corrected chi connectivity index (χ2v) is 9.92. The van der Waals surface area contributed by atoms with Crippen LogP contribution in [0.25, 0.3) is 16.9 Å². The summed E-state index contributed by atoms with van der Waals surface area (Å²) in [6.07, 6.45) is 1.70. The molecule has 0 aliphatic rings. The third-order valence-electron chi connectivity index (χ3n) is 5.12. The fourth-order valence-corrected chi connectivity index (χ4v) is 3.95. The molecule has 0 saturated carbocycles. The van der Waals surface area contributed by atoms with Crippen LogP contribution in [0.2, 0.25) is 10.0 Å². The van der Waals surface area contributed by atoms with Gasteiger partial charge in [-0.2, -0.15) is 5.10 Å². The second kappa shape index (κ2) is 9.95. The standard InChI is InChI=1S/C28H24Cl2N4O/c1-18-25(27(35)32-28(2,3)4)33-34(26(18)20-10-12-21(29)13-11-20)24-15-9-19(17-23(24)30)8-14-22-7-5-6-16-31-22/h5-7,9-13,15-17H,1-4H3,(H,32,35). The molecular weight excluding hydrogens is 479 g/mol. The van der Waals surface area contributed by atoms with E-state index in [9.17, 15) is 4.79 Å². The number of pyridine rings is 1. The summed E-state index contributed by atoms with van der Waals surface area (Å²) in [5.74, 6) is 5.87. The zero-order valence-electron chi connectivity index (χ0n) is 19.9.